The van der Waals surface area contributed by atoms with Crippen LogP contribution in [0.5, 0.6) is 11.5 Å². The lowest BCUT2D eigenvalue weighted by atomic mass is 9.86. The Morgan fingerprint density at radius 3 is 2.74 bits per heavy atom. The molecule has 2 atom stereocenters. The molecule has 5 nitrogen and oxygen atoms in total. The summed E-state index contributed by atoms with van der Waals surface area (Å²) in [6.45, 7) is 2.27. The Kier molecular flexibility index (Phi) is 6.65. The summed E-state index contributed by atoms with van der Waals surface area (Å²) in [7, 11) is 3.25. The van der Waals surface area contributed by atoms with Gasteiger partial charge in [0.1, 0.15) is 11.5 Å². The van der Waals surface area contributed by atoms with Crippen LogP contribution in [0, 0.1) is 5.92 Å². The largest absolute Gasteiger partial charge is 0.497 e. The molecule has 0 saturated heterocycles. The van der Waals surface area contributed by atoms with Gasteiger partial charge in [-0.05, 0) is 43.1 Å². The topological polar surface area (TPSA) is 54.9 Å². The van der Waals surface area contributed by atoms with Crippen molar-refractivity contribution in [1.82, 2.24) is 10.7 Å². The number of nitrogens with one attached hydrogen (secondary N) is 2. The molecule has 0 heterocycles. The van der Waals surface area contributed by atoms with Gasteiger partial charge in [0.15, 0.2) is 5.11 Å². The van der Waals surface area contributed by atoms with Gasteiger partial charge in [0.05, 0.1) is 20.4 Å². The van der Waals surface area contributed by atoms with Crippen molar-refractivity contribution in [2.45, 2.75) is 38.6 Å². The number of hydrogen-bond donors (Lipinski definition) is 2. The summed E-state index contributed by atoms with van der Waals surface area (Å²) in [4.78, 5) is 0. The summed E-state index contributed by atoms with van der Waals surface area (Å²) in [6, 6.07) is 6.02. The third-order valence-corrected chi connectivity index (χ3v) is 4.45. The normalized spacial score (nSPS) is 21.0. The van der Waals surface area contributed by atoms with Gasteiger partial charge in [0.25, 0.3) is 0 Å². The monoisotopic (exact) mass is 335 g/mol. The molecular weight excluding hydrogens is 310 g/mol. The highest BCUT2D eigenvalue weighted by Gasteiger charge is 2.21. The van der Waals surface area contributed by atoms with Crippen LogP contribution in [0.4, 0.5) is 0 Å². The van der Waals surface area contributed by atoms with Gasteiger partial charge in [-0.2, -0.15) is 5.10 Å². The van der Waals surface area contributed by atoms with E-state index >= 15 is 0 Å². The van der Waals surface area contributed by atoms with Crippen LogP contribution >= 0.6 is 12.2 Å². The lowest BCUT2D eigenvalue weighted by Gasteiger charge is -2.30. The Hall–Kier alpha value is -1.82. The number of thiocarbonyl (C=S) groups is 1. The summed E-state index contributed by atoms with van der Waals surface area (Å²) in [5, 5.41) is 8.12. The maximum atomic E-state index is 5.33. The molecule has 0 aromatic heterocycles. The van der Waals surface area contributed by atoms with Crippen LogP contribution < -0.4 is 20.2 Å². The molecule has 0 bridgehead atoms. The van der Waals surface area contributed by atoms with Crippen LogP contribution in [0.25, 0.3) is 0 Å². The maximum absolute atomic E-state index is 5.33. The number of benzene rings is 1. The predicted molar refractivity (Wildman–Crippen MR) is 97.4 cm³/mol. The van der Waals surface area contributed by atoms with Crippen molar-refractivity contribution in [3.05, 3.63) is 23.8 Å². The molecule has 126 valence electrons. The van der Waals surface area contributed by atoms with Gasteiger partial charge in [-0.25, -0.2) is 0 Å². The van der Waals surface area contributed by atoms with Crippen molar-refractivity contribution in [3.63, 3.8) is 0 Å². The first-order chi connectivity index (χ1) is 11.1. The summed E-state index contributed by atoms with van der Waals surface area (Å²) in [5.74, 6) is 2.10. The predicted octanol–water partition coefficient (Wildman–Crippen LogP) is 3.08. The average molecular weight is 335 g/mol. The molecule has 2 rings (SSSR count). The molecule has 1 aliphatic rings. The van der Waals surface area contributed by atoms with Crippen LogP contribution in [-0.4, -0.2) is 31.6 Å². The fourth-order valence-electron chi connectivity index (χ4n) is 2.82. The van der Waals surface area contributed by atoms with Gasteiger partial charge in [0, 0.05) is 17.7 Å². The third kappa shape index (κ3) is 5.10. The van der Waals surface area contributed by atoms with E-state index in [1.54, 1.807) is 20.4 Å². The summed E-state index contributed by atoms with van der Waals surface area (Å²) in [6.07, 6.45) is 6.69. The van der Waals surface area contributed by atoms with Crippen molar-refractivity contribution in [1.29, 1.82) is 0 Å². The summed E-state index contributed by atoms with van der Waals surface area (Å²) >= 11 is 5.32. The van der Waals surface area contributed by atoms with E-state index in [2.05, 4.69) is 22.8 Å². The van der Waals surface area contributed by atoms with Gasteiger partial charge >= 0.3 is 0 Å². The molecule has 1 aromatic carbocycles. The van der Waals surface area contributed by atoms with E-state index < -0.39 is 0 Å². The van der Waals surface area contributed by atoms with E-state index in [-0.39, 0.29) is 0 Å². The minimum absolute atomic E-state index is 0.439. The Morgan fingerprint density at radius 1 is 1.26 bits per heavy atom. The van der Waals surface area contributed by atoms with Crippen molar-refractivity contribution >= 4 is 23.5 Å². The molecule has 0 unspecified atom stereocenters. The van der Waals surface area contributed by atoms with Gasteiger partial charge in [-0.1, -0.05) is 19.8 Å². The van der Waals surface area contributed by atoms with Crippen LogP contribution in [-0.2, 0) is 0 Å². The Labute approximate surface area is 143 Å². The lowest BCUT2D eigenvalue weighted by molar-refractivity contribution is 0.308. The minimum atomic E-state index is 0.439. The molecule has 1 aromatic rings. The lowest BCUT2D eigenvalue weighted by Crippen LogP contribution is -2.44. The van der Waals surface area contributed by atoms with E-state index in [9.17, 15) is 0 Å². The third-order valence-electron chi connectivity index (χ3n) is 4.24. The standard InChI is InChI=1S/C17H25N3O2S/c1-12-6-4-5-7-15(12)19-17(23)20-18-11-13-8-9-14(21-2)10-16(13)22-3/h8-12,15H,4-7H2,1-3H3,(H2,19,20,23)/b18-11-/t12-,15+/m1/s1. The Balaban J connectivity index is 1.89. The van der Waals surface area contributed by atoms with Crippen molar-refractivity contribution in [2.24, 2.45) is 11.0 Å². The van der Waals surface area contributed by atoms with Crippen LogP contribution in [0.1, 0.15) is 38.2 Å². The summed E-state index contributed by atoms with van der Waals surface area (Å²) in [5.41, 5.74) is 3.74. The van der Waals surface area contributed by atoms with Crippen molar-refractivity contribution in [3.8, 4) is 11.5 Å². The molecule has 2 N–H and O–H groups in total. The van der Waals surface area contributed by atoms with Crippen molar-refractivity contribution < 1.29 is 9.47 Å². The van der Waals surface area contributed by atoms with Crippen LogP contribution in [0.15, 0.2) is 23.3 Å². The number of ether oxygens (including phenoxy) is 2. The van der Waals surface area contributed by atoms with Crippen LogP contribution in [0.2, 0.25) is 0 Å². The minimum Gasteiger partial charge on any atom is -0.497 e. The van der Waals surface area contributed by atoms with Crippen molar-refractivity contribution in [2.75, 3.05) is 14.2 Å². The quantitative estimate of drug-likeness (QED) is 0.492. The average Bonchev–Trinajstić information content (AvgIpc) is 2.57. The highest BCUT2D eigenvalue weighted by Crippen LogP contribution is 2.24. The molecule has 23 heavy (non-hydrogen) atoms. The van der Waals surface area contributed by atoms with Gasteiger partial charge in [-0.3, -0.25) is 5.43 Å². The van der Waals surface area contributed by atoms with E-state index in [1.807, 2.05) is 18.2 Å². The first-order valence-corrected chi connectivity index (χ1v) is 8.36. The van der Waals surface area contributed by atoms with Crippen LogP contribution in [0.3, 0.4) is 0 Å². The van der Waals surface area contributed by atoms with Gasteiger partial charge < -0.3 is 14.8 Å². The van der Waals surface area contributed by atoms with E-state index in [0.717, 1.165) is 11.3 Å². The molecule has 0 spiro atoms. The second-order valence-electron chi connectivity index (χ2n) is 5.82. The number of nitrogens with zero attached hydrogens (tertiary/aromatic N) is 1. The van der Waals surface area contributed by atoms with Gasteiger partial charge in [-0.15, -0.1) is 0 Å². The number of hydrogen-bond acceptors (Lipinski definition) is 4. The Morgan fingerprint density at radius 2 is 2.04 bits per heavy atom. The molecule has 1 aliphatic carbocycles. The highest BCUT2D eigenvalue weighted by molar-refractivity contribution is 7.80. The van der Waals surface area contributed by atoms with E-state index in [1.165, 1.54) is 25.7 Å². The second-order valence-corrected chi connectivity index (χ2v) is 6.23. The first kappa shape index (κ1) is 17.5. The SMILES string of the molecule is COc1ccc(/C=N\NC(=S)N[C@H]2CCCC[C@H]2C)c(OC)c1. The maximum Gasteiger partial charge on any atom is 0.187 e. The smallest absolute Gasteiger partial charge is 0.187 e. The molecule has 0 radical (unpaired) electrons. The molecule has 0 aliphatic heterocycles. The van der Waals surface area contributed by atoms with E-state index in [4.69, 9.17) is 21.7 Å². The highest BCUT2D eigenvalue weighted by atomic mass is 32.1. The fraction of sp³-hybridized carbons (Fsp3) is 0.529. The second kappa shape index (κ2) is 8.72. The molecule has 6 heteroatoms. The number of methoxy groups -OCH3 is 2. The zero-order valence-corrected chi connectivity index (χ0v) is 14.8. The zero-order valence-electron chi connectivity index (χ0n) is 14.0. The zero-order chi connectivity index (χ0) is 16.7. The molecule has 0 amide bonds. The molecular formula is C17H25N3O2S. The number of hydrazone groups is 1. The number of rotatable bonds is 5. The Bertz CT molecular complexity index is 563. The first-order valence-electron chi connectivity index (χ1n) is 7.95. The molecule has 1 fully saturated rings. The van der Waals surface area contributed by atoms with E-state index in [0.29, 0.717) is 22.8 Å². The molecule has 1 saturated carbocycles. The van der Waals surface area contributed by atoms with Gasteiger partial charge in [0.2, 0.25) is 0 Å². The summed E-state index contributed by atoms with van der Waals surface area (Å²) < 4.78 is 10.5. The fourth-order valence-corrected chi connectivity index (χ4v) is 3.02.